The van der Waals surface area contributed by atoms with E-state index in [2.05, 4.69) is 10.6 Å². The van der Waals surface area contributed by atoms with Crippen LogP contribution < -0.4 is 10.6 Å². The second kappa shape index (κ2) is 7.86. The molecule has 0 spiro atoms. The number of benzene rings is 1. The van der Waals surface area contributed by atoms with Crippen molar-refractivity contribution in [3.05, 3.63) is 29.8 Å². The van der Waals surface area contributed by atoms with Crippen molar-refractivity contribution in [1.82, 2.24) is 5.32 Å². The van der Waals surface area contributed by atoms with E-state index in [-0.39, 0.29) is 11.8 Å². The number of nitrogens with one attached hydrogen (secondary N) is 2. The van der Waals surface area contributed by atoms with Gasteiger partial charge in [0, 0.05) is 22.5 Å². The van der Waals surface area contributed by atoms with Crippen LogP contribution in [0.15, 0.2) is 24.3 Å². The van der Waals surface area contributed by atoms with E-state index in [0.717, 1.165) is 12.8 Å². The third-order valence-electron chi connectivity index (χ3n) is 4.32. The fourth-order valence-corrected chi connectivity index (χ4v) is 3.98. The molecule has 0 atom stereocenters. The van der Waals surface area contributed by atoms with Crippen molar-refractivity contribution >= 4 is 29.3 Å². The first-order valence-corrected chi connectivity index (χ1v) is 9.58. The minimum atomic E-state index is -0.0554. The van der Waals surface area contributed by atoms with Gasteiger partial charge >= 0.3 is 0 Å². The molecular weight excluding hydrogens is 308 g/mol. The van der Waals surface area contributed by atoms with Gasteiger partial charge in [-0.2, -0.15) is 0 Å². The highest BCUT2D eigenvalue weighted by Gasteiger charge is 2.23. The van der Waals surface area contributed by atoms with Crippen LogP contribution in [-0.2, 0) is 4.79 Å². The van der Waals surface area contributed by atoms with Gasteiger partial charge in [0.05, 0.1) is 5.75 Å². The Morgan fingerprint density at radius 1 is 1.09 bits per heavy atom. The summed E-state index contributed by atoms with van der Waals surface area (Å²) >= 11 is 1.76. The van der Waals surface area contributed by atoms with Gasteiger partial charge in [0.15, 0.2) is 0 Å². The van der Waals surface area contributed by atoms with E-state index < -0.39 is 0 Å². The van der Waals surface area contributed by atoms with E-state index in [0.29, 0.717) is 28.3 Å². The fourth-order valence-electron chi connectivity index (χ4n) is 2.86. The quantitative estimate of drug-likeness (QED) is 0.837. The summed E-state index contributed by atoms with van der Waals surface area (Å²) in [6, 6.07) is 7.51. The Morgan fingerprint density at radius 3 is 2.61 bits per heavy atom. The molecule has 1 aromatic rings. The summed E-state index contributed by atoms with van der Waals surface area (Å²) in [5, 5.41) is 6.50. The number of amides is 2. The molecule has 1 aromatic carbocycles. The zero-order valence-electron chi connectivity index (χ0n) is 13.3. The number of anilines is 1. The third kappa shape index (κ3) is 5.27. The number of thioether (sulfide) groups is 1. The summed E-state index contributed by atoms with van der Waals surface area (Å²) in [4.78, 5) is 24.1. The molecular formula is C18H24N2O2S. The van der Waals surface area contributed by atoms with Gasteiger partial charge < -0.3 is 10.6 Å². The van der Waals surface area contributed by atoms with Crippen LogP contribution >= 0.6 is 11.8 Å². The zero-order valence-corrected chi connectivity index (χ0v) is 14.2. The molecule has 2 amide bonds. The zero-order chi connectivity index (χ0) is 16.1. The van der Waals surface area contributed by atoms with Gasteiger partial charge in [0.25, 0.3) is 5.91 Å². The first-order chi connectivity index (χ1) is 11.2. The maximum absolute atomic E-state index is 12.1. The summed E-state index contributed by atoms with van der Waals surface area (Å²) in [6.07, 6.45) is 8.51. The van der Waals surface area contributed by atoms with Crippen LogP contribution in [0.1, 0.15) is 55.3 Å². The van der Waals surface area contributed by atoms with Crippen molar-refractivity contribution in [3.63, 3.8) is 0 Å². The van der Waals surface area contributed by atoms with Gasteiger partial charge in [-0.3, -0.25) is 9.59 Å². The lowest BCUT2D eigenvalue weighted by molar-refractivity contribution is -0.113. The van der Waals surface area contributed by atoms with Gasteiger partial charge in [-0.15, -0.1) is 11.8 Å². The molecule has 124 valence electrons. The third-order valence-corrected chi connectivity index (χ3v) is 5.70. The van der Waals surface area contributed by atoms with Crippen LogP contribution in [0, 0.1) is 0 Å². The van der Waals surface area contributed by atoms with E-state index in [1.165, 1.54) is 32.1 Å². The average Bonchev–Trinajstić information content (AvgIpc) is 3.38. The van der Waals surface area contributed by atoms with E-state index in [4.69, 9.17) is 0 Å². The predicted octanol–water partition coefficient (Wildman–Crippen LogP) is 3.58. The number of carbonyl (C=O) groups excluding carboxylic acids is 2. The second-order valence-corrected chi connectivity index (χ2v) is 7.74. The molecule has 0 heterocycles. The van der Waals surface area contributed by atoms with Crippen molar-refractivity contribution in [2.75, 3.05) is 11.1 Å². The van der Waals surface area contributed by atoms with Crippen LogP contribution in [0.4, 0.5) is 5.69 Å². The average molecular weight is 332 g/mol. The smallest absolute Gasteiger partial charge is 0.251 e. The number of hydrogen-bond acceptors (Lipinski definition) is 3. The normalized spacial score (nSPS) is 18.4. The van der Waals surface area contributed by atoms with Gasteiger partial charge in [-0.1, -0.05) is 25.3 Å². The molecule has 0 unspecified atom stereocenters. The van der Waals surface area contributed by atoms with Gasteiger partial charge in [0.1, 0.15) is 0 Å². The first-order valence-electron chi connectivity index (χ1n) is 8.53. The number of hydrogen-bond donors (Lipinski definition) is 2. The van der Waals surface area contributed by atoms with Crippen LogP contribution in [0.25, 0.3) is 0 Å². The molecule has 2 aliphatic rings. The molecule has 0 aromatic heterocycles. The number of carbonyl (C=O) groups is 2. The highest BCUT2D eigenvalue weighted by atomic mass is 32.2. The Bertz CT molecular complexity index is 566. The standard InChI is InChI=1S/C18H24N2O2S/c21-17(12-23-16-7-2-1-3-8-16)19-15-6-4-5-13(11-15)18(22)20-14-9-10-14/h4-6,11,14,16H,1-3,7-10,12H2,(H,19,21)(H,20,22). The molecule has 2 fully saturated rings. The van der Waals surface area contributed by atoms with Crippen LogP contribution in [0.3, 0.4) is 0 Å². The van der Waals surface area contributed by atoms with E-state index >= 15 is 0 Å². The Balaban J connectivity index is 1.48. The second-order valence-electron chi connectivity index (χ2n) is 6.45. The van der Waals surface area contributed by atoms with Gasteiger partial charge in [0.2, 0.25) is 5.91 Å². The summed E-state index contributed by atoms with van der Waals surface area (Å²) in [6.45, 7) is 0. The molecule has 0 radical (unpaired) electrons. The molecule has 2 aliphatic carbocycles. The van der Waals surface area contributed by atoms with Crippen LogP contribution in [0.2, 0.25) is 0 Å². The Hall–Kier alpha value is -1.49. The summed E-state index contributed by atoms with van der Waals surface area (Å²) in [5.41, 5.74) is 1.30. The topological polar surface area (TPSA) is 58.2 Å². The minimum absolute atomic E-state index is 0.0142. The Labute approximate surface area is 141 Å². The molecule has 5 heteroatoms. The lowest BCUT2D eigenvalue weighted by atomic mass is 10.0. The molecule has 4 nitrogen and oxygen atoms in total. The maximum Gasteiger partial charge on any atom is 0.251 e. The lowest BCUT2D eigenvalue weighted by Gasteiger charge is -2.20. The molecule has 0 aliphatic heterocycles. The molecule has 23 heavy (non-hydrogen) atoms. The largest absolute Gasteiger partial charge is 0.349 e. The van der Waals surface area contributed by atoms with Crippen LogP contribution in [0.5, 0.6) is 0 Å². The summed E-state index contributed by atoms with van der Waals surface area (Å²) < 4.78 is 0. The Kier molecular flexibility index (Phi) is 5.60. The summed E-state index contributed by atoms with van der Waals surface area (Å²) in [7, 11) is 0. The molecule has 0 bridgehead atoms. The number of rotatable bonds is 6. The van der Waals surface area contributed by atoms with Crippen LogP contribution in [-0.4, -0.2) is 28.9 Å². The maximum atomic E-state index is 12.1. The monoisotopic (exact) mass is 332 g/mol. The predicted molar refractivity (Wildman–Crippen MR) is 94.9 cm³/mol. The minimum Gasteiger partial charge on any atom is -0.349 e. The van der Waals surface area contributed by atoms with Crippen molar-refractivity contribution in [3.8, 4) is 0 Å². The van der Waals surface area contributed by atoms with Crippen molar-refractivity contribution < 1.29 is 9.59 Å². The van der Waals surface area contributed by atoms with Crippen molar-refractivity contribution in [1.29, 1.82) is 0 Å². The van der Waals surface area contributed by atoms with Crippen molar-refractivity contribution in [2.45, 2.75) is 56.2 Å². The van der Waals surface area contributed by atoms with Crippen molar-refractivity contribution in [2.24, 2.45) is 0 Å². The van der Waals surface area contributed by atoms with Gasteiger partial charge in [-0.25, -0.2) is 0 Å². The van der Waals surface area contributed by atoms with E-state index in [1.807, 2.05) is 12.1 Å². The summed E-state index contributed by atoms with van der Waals surface area (Å²) in [5.74, 6) is 0.448. The molecule has 0 saturated heterocycles. The fraction of sp³-hybridized carbons (Fsp3) is 0.556. The molecule has 3 rings (SSSR count). The van der Waals surface area contributed by atoms with E-state index in [9.17, 15) is 9.59 Å². The van der Waals surface area contributed by atoms with E-state index in [1.54, 1.807) is 23.9 Å². The van der Waals surface area contributed by atoms with Gasteiger partial charge in [-0.05, 0) is 43.9 Å². The first kappa shape index (κ1) is 16.4. The Morgan fingerprint density at radius 2 is 1.87 bits per heavy atom. The lowest BCUT2D eigenvalue weighted by Crippen LogP contribution is -2.25. The highest BCUT2D eigenvalue weighted by Crippen LogP contribution is 2.28. The SMILES string of the molecule is O=C(CSC1CCCCC1)Nc1cccc(C(=O)NC2CC2)c1. The molecule has 2 N–H and O–H groups in total. The highest BCUT2D eigenvalue weighted by molar-refractivity contribution is 8.00. The molecule has 2 saturated carbocycles.